The minimum absolute atomic E-state index is 0.259. The second kappa shape index (κ2) is 10.4. The summed E-state index contributed by atoms with van der Waals surface area (Å²) in [6.07, 6.45) is 7.57. The summed E-state index contributed by atoms with van der Waals surface area (Å²) >= 11 is 0. The highest BCUT2D eigenvalue weighted by molar-refractivity contribution is 7.91. The van der Waals surface area contributed by atoms with Crippen molar-refractivity contribution >= 4 is 15.8 Å². The summed E-state index contributed by atoms with van der Waals surface area (Å²) in [5, 5.41) is 8.45. The maximum absolute atomic E-state index is 11.4. The molecule has 0 amide bonds. The van der Waals surface area contributed by atoms with Crippen LogP contribution in [0.2, 0.25) is 0 Å². The Hall–Kier alpha value is -0.580. The van der Waals surface area contributed by atoms with Gasteiger partial charge in [0.25, 0.3) is 0 Å². The smallest absolute Gasteiger partial charge is 0.303 e. The molecule has 0 aromatic carbocycles. The van der Waals surface area contributed by atoms with Crippen LogP contribution in [0.3, 0.4) is 0 Å². The van der Waals surface area contributed by atoms with Gasteiger partial charge in [-0.3, -0.25) is 4.79 Å². The molecule has 0 radical (unpaired) electrons. The van der Waals surface area contributed by atoms with Crippen molar-refractivity contribution < 1.29 is 18.3 Å². The molecule has 0 saturated heterocycles. The third-order valence-electron chi connectivity index (χ3n) is 2.86. The van der Waals surface area contributed by atoms with Crippen LogP contribution in [-0.4, -0.2) is 31.0 Å². The Morgan fingerprint density at radius 3 is 1.89 bits per heavy atom. The monoisotopic (exact) mass is 278 g/mol. The number of hydrogen-bond donors (Lipinski definition) is 1. The predicted octanol–water partition coefficient (Wildman–Crippen LogP) is 3.02. The molecule has 4 nitrogen and oxygen atoms in total. The minimum Gasteiger partial charge on any atom is -0.481 e. The lowest BCUT2D eigenvalue weighted by atomic mass is 10.1. The van der Waals surface area contributed by atoms with Crippen LogP contribution in [0.25, 0.3) is 0 Å². The van der Waals surface area contributed by atoms with Crippen molar-refractivity contribution in [3.63, 3.8) is 0 Å². The number of aliphatic carboxylic acids is 1. The average molecular weight is 278 g/mol. The first-order valence-electron chi connectivity index (χ1n) is 6.90. The molecular formula is C13H26O4S. The highest BCUT2D eigenvalue weighted by Gasteiger charge is 2.07. The lowest BCUT2D eigenvalue weighted by Gasteiger charge is -2.03. The Kier molecular flexibility index (Phi) is 10.0. The normalized spacial score (nSPS) is 11.6. The van der Waals surface area contributed by atoms with Gasteiger partial charge in [0.2, 0.25) is 0 Å². The van der Waals surface area contributed by atoms with Crippen molar-refractivity contribution in [1.29, 1.82) is 0 Å². The van der Waals surface area contributed by atoms with Crippen molar-refractivity contribution in [3.05, 3.63) is 0 Å². The van der Waals surface area contributed by atoms with Crippen molar-refractivity contribution in [3.8, 4) is 0 Å². The van der Waals surface area contributed by atoms with E-state index in [2.05, 4.69) is 0 Å². The van der Waals surface area contributed by atoms with Crippen LogP contribution in [0.4, 0.5) is 0 Å². The Morgan fingerprint density at radius 2 is 1.39 bits per heavy atom. The van der Waals surface area contributed by atoms with Gasteiger partial charge in [0.05, 0.1) is 5.75 Å². The van der Waals surface area contributed by atoms with Crippen LogP contribution in [-0.2, 0) is 14.6 Å². The molecule has 1 N–H and O–H groups in total. The van der Waals surface area contributed by atoms with E-state index in [1.165, 1.54) is 0 Å². The molecule has 0 aliphatic heterocycles. The molecule has 0 saturated carbocycles. The zero-order chi connectivity index (χ0) is 13.9. The van der Waals surface area contributed by atoms with Gasteiger partial charge in [0.15, 0.2) is 0 Å². The maximum atomic E-state index is 11.4. The van der Waals surface area contributed by atoms with Crippen LogP contribution >= 0.6 is 0 Å². The standard InChI is InChI=1S/C13H26O4S/c1-2-11-18(16,17)12-9-7-5-3-4-6-8-10-13(14)15/h2-12H2,1H3,(H,14,15). The third-order valence-corrected chi connectivity index (χ3v) is 4.80. The molecule has 5 heteroatoms. The first kappa shape index (κ1) is 17.4. The van der Waals surface area contributed by atoms with Crippen molar-refractivity contribution in [2.24, 2.45) is 0 Å². The molecule has 108 valence electrons. The van der Waals surface area contributed by atoms with Gasteiger partial charge in [-0.1, -0.05) is 39.0 Å². The topological polar surface area (TPSA) is 71.4 Å². The first-order valence-corrected chi connectivity index (χ1v) is 8.72. The summed E-state index contributed by atoms with van der Waals surface area (Å²) in [6, 6.07) is 0. The molecule has 0 aromatic heterocycles. The fourth-order valence-corrected chi connectivity index (χ4v) is 3.37. The molecule has 0 bridgehead atoms. The molecule has 18 heavy (non-hydrogen) atoms. The van der Waals surface area contributed by atoms with Crippen molar-refractivity contribution in [2.75, 3.05) is 11.5 Å². The molecule has 0 fully saturated rings. The number of unbranched alkanes of at least 4 members (excludes halogenated alkanes) is 6. The molecule has 0 aromatic rings. The molecular weight excluding hydrogens is 252 g/mol. The lowest BCUT2D eigenvalue weighted by molar-refractivity contribution is -0.137. The number of carbonyl (C=O) groups is 1. The Balaban J connectivity index is 3.28. The number of rotatable bonds is 12. The quantitative estimate of drug-likeness (QED) is 0.557. The van der Waals surface area contributed by atoms with Gasteiger partial charge >= 0.3 is 5.97 Å². The van der Waals surface area contributed by atoms with E-state index in [1.54, 1.807) is 0 Å². The first-order chi connectivity index (χ1) is 8.48. The van der Waals surface area contributed by atoms with Gasteiger partial charge in [0.1, 0.15) is 9.84 Å². The van der Waals surface area contributed by atoms with Crippen LogP contribution in [0.5, 0.6) is 0 Å². The van der Waals surface area contributed by atoms with E-state index in [0.29, 0.717) is 17.9 Å². The van der Waals surface area contributed by atoms with E-state index in [0.717, 1.165) is 44.9 Å². The van der Waals surface area contributed by atoms with Crippen molar-refractivity contribution in [1.82, 2.24) is 0 Å². The molecule has 0 atom stereocenters. The van der Waals surface area contributed by atoms with Gasteiger partial charge in [0, 0.05) is 12.2 Å². The lowest BCUT2D eigenvalue weighted by Crippen LogP contribution is -2.10. The van der Waals surface area contributed by atoms with Crippen LogP contribution in [0, 0.1) is 0 Å². The van der Waals surface area contributed by atoms with E-state index in [9.17, 15) is 13.2 Å². The van der Waals surface area contributed by atoms with Gasteiger partial charge in [-0.25, -0.2) is 8.42 Å². The largest absolute Gasteiger partial charge is 0.481 e. The maximum Gasteiger partial charge on any atom is 0.303 e. The summed E-state index contributed by atoms with van der Waals surface area (Å²) < 4.78 is 22.8. The number of carboxylic acids is 1. The number of hydrogen-bond acceptors (Lipinski definition) is 3. The molecule has 0 aliphatic carbocycles. The minimum atomic E-state index is -2.81. The van der Waals surface area contributed by atoms with Crippen molar-refractivity contribution in [2.45, 2.75) is 64.7 Å². The van der Waals surface area contributed by atoms with Gasteiger partial charge < -0.3 is 5.11 Å². The van der Waals surface area contributed by atoms with Crippen LogP contribution in [0.1, 0.15) is 64.7 Å². The zero-order valence-electron chi connectivity index (χ0n) is 11.4. The van der Waals surface area contributed by atoms with E-state index in [4.69, 9.17) is 5.11 Å². The number of carboxylic acid groups (broad SMARTS) is 1. The second-order valence-corrected chi connectivity index (χ2v) is 7.07. The van der Waals surface area contributed by atoms with Gasteiger partial charge in [-0.15, -0.1) is 0 Å². The van der Waals surface area contributed by atoms with E-state index < -0.39 is 15.8 Å². The second-order valence-electron chi connectivity index (χ2n) is 4.77. The Bertz CT molecular complexity index is 309. The van der Waals surface area contributed by atoms with E-state index in [1.807, 2.05) is 6.92 Å². The van der Waals surface area contributed by atoms with Crippen LogP contribution < -0.4 is 0 Å². The summed E-state index contributed by atoms with van der Waals surface area (Å²) in [7, 11) is -2.81. The van der Waals surface area contributed by atoms with E-state index >= 15 is 0 Å². The fraction of sp³-hybridized carbons (Fsp3) is 0.923. The highest BCUT2D eigenvalue weighted by Crippen LogP contribution is 2.09. The molecule has 0 spiro atoms. The molecule has 0 heterocycles. The summed E-state index contributed by atoms with van der Waals surface area (Å²) in [4.78, 5) is 10.3. The zero-order valence-corrected chi connectivity index (χ0v) is 12.2. The fourth-order valence-electron chi connectivity index (χ4n) is 1.90. The molecule has 0 aliphatic rings. The number of sulfone groups is 1. The average Bonchev–Trinajstić information content (AvgIpc) is 2.26. The SMILES string of the molecule is CCCS(=O)(=O)CCCCCCCCCC(=O)O. The Labute approximate surface area is 111 Å². The van der Waals surface area contributed by atoms with Crippen LogP contribution in [0.15, 0.2) is 0 Å². The summed E-state index contributed by atoms with van der Waals surface area (Å²) in [6.45, 7) is 1.88. The molecule has 0 unspecified atom stereocenters. The van der Waals surface area contributed by atoms with Gasteiger partial charge in [-0.2, -0.15) is 0 Å². The highest BCUT2D eigenvalue weighted by atomic mass is 32.2. The summed E-state index contributed by atoms with van der Waals surface area (Å²) in [5.74, 6) is -0.0988. The van der Waals surface area contributed by atoms with Gasteiger partial charge in [-0.05, 0) is 19.3 Å². The third kappa shape index (κ3) is 11.9. The summed E-state index contributed by atoms with van der Waals surface area (Å²) in [5.41, 5.74) is 0. The Morgan fingerprint density at radius 1 is 0.889 bits per heavy atom. The molecule has 0 rings (SSSR count). The predicted molar refractivity (Wildman–Crippen MR) is 73.5 cm³/mol. The van der Waals surface area contributed by atoms with E-state index in [-0.39, 0.29) is 6.42 Å².